The molecule has 3 heterocycles. The number of hydrogen-bond acceptors (Lipinski definition) is 10. The summed E-state index contributed by atoms with van der Waals surface area (Å²) >= 11 is 2.75. The smallest absolute Gasteiger partial charge is 0.215 e. The van der Waals surface area contributed by atoms with Gasteiger partial charge in [-0.3, -0.25) is 0 Å². The van der Waals surface area contributed by atoms with E-state index in [-0.39, 0.29) is 0 Å². The molecule has 0 unspecified atom stereocenters. The van der Waals surface area contributed by atoms with Gasteiger partial charge in [-0.05, 0) is 70.4 Å². The number of tetrazole rings is 2. The minimum atomic E-state index is 0.661. The molecule has 132 valence electrons. The Morgan fingerprint density at radius 2 is 1.23 bits per heavy atom. The Balaban J connectivity index is 1.78. The van der Waals surface area contributed by atoms with Crippen LogP contribution in [0.2, 0.25) is 0 Å². The average Bonchev–Trinajstić information content (AvgIpc) is 3.30. The highest BCUT2D eigenvalue weighted by Gasteiger charge is 2.18. The largest absolute Gasteiger partial charge is 0.236 e. The molecule has 0 radical (unpaired) electrons. The number of aromatic nitrogens is 10. The summed E-state index contributed by atoms with van der Waals surface area (Å²) in [5.74, 6) is 0. The first-order chi connectivity index (χ1) is 12.8. The lowest BCUT2D eigenvalue weighted by Crippen LogP contribution is -2.01. The van der Waals surface area contributed by atoms with E-state index in [2.05, 4.69) is 31.1 Å². The van der Waals surface area contributed by atoms with Crippen LogP contribution in [0, 0.1) is 0 Å². The van der Waals surface area contributed by atoms with Crippen LogP contribution in [0.1, 0.15) is 13.8 Å². The van der Waals surface area contributed by atoms with Gasteiger partial charge in [-0.1, -0.05) is 12.1 Å². The molecular formula is C14H14N10S2. The van der Waals surface area contributed by atoms with Gasteiger partial charge in [0.15, 0.2) is 0 Å². The van der Waals surface area contributed by atoms with Crippen molar-refractivity contribution in [2.24, 2.45) is 0 Å². The number of rotatable bonds is 6. The molecule has 26 heavy (non-hydrogen) atoms. The molecule has 0 bridgehead atoms. The molecule has 12 heteroatoms. The molecule has 0 N–H and O–H groups in total. The van der Waals surface area contributed by atoms with Gasteiger partial charge in [0, 0.05) is 13.1 Å². The van der Waals surface area contributed by atoms with Gasteiger partial charge >= 0.3 is 0 Å². The van der Waals surface area contributed by atoms with Crippen LogP contribution in [0.3, 0.4) is 0 Å². The Kier molecular flexibility index (Phi) is 4.75. The van der Waals surface area contributed by atoms with Crippen LogP contribution >= 0.6 is 23.5 Å². The van der Waals surface area contributed by atoms with E-state index in [0.717, 1.165) is 11.0 Å². The molecule has 0 saturated carbocycles. The van der Waals surface area contributed by atoms with Crippen LogP contribution in [0.25, 0.3) is 11.0 Å². The zero-order valence-corrected chi connectivity index (χ0v) is 15.6. The summed E-state index contributed by atoms with van der Waals surface area (Å²) in [5.41, 5.74) is 1.62. The average molecular weight is 386 g/mol. The van der Waals surface area contributed by atoms with Crippen molar-refractivity contribution in [2.45, 2.75) is 47.3 Å². The van der Waals surface area contributed by atoms with E-state index in [1.165, 1.54) is 23.5 Å². The van der Waals surface area contributed by atoms with Gasteiger partial charge in [-0.25, -0.2) is 19.3 Å². The fourth-order valence-corrected chi connectivity index (χ4v) is 4.06. The number of aryl methyl sites for hydroxylation is 2. The van der Waals surface area contributed by atoms with Gasteiger partial charge in [0.1, 0.15) is 10.1 Å². The summed E-state index contributed by atoms with van der Waals surface area (Å²) in [6.45, 7) is 5.31. The predicted molar refractivity (Wildman–Crippen MR) is 94.8 cm³/mol. The third kappa shape index (κ3) is 3.24. The van der Waals surface area contributed by atoms with Gasteiger partial charge in [-0.15, -0.1) is 10.2 Å². The molecule has 0 spiro atoms. The number of benzene rings is 1. The second kappa shape index (κ2) is 7.33. The number of para-hydroxylation sites is 2. The van der Waals surface area contributed by atoms with Crippen LogP contribution in [0.4, 0.5) is 0 Å². The van der Waals surface area contributed by atoms with Crippen LogP contribution in [-0.4, -0.2) is 50.4 Å². The first-order valence-corrected chi connectivity index (χ1v) is 9.56. The SMILES string of the molecule is CCn1nnnc1Sc1nc2ccccc2nc1Sc1nnnn1CC. The summed E-state index contributed by atoms with van der Waals surface area (Å²) in [5, 5.41) is 26.3. The van der Waals surface area contributed by atoms with Gasteiger partial charge in [-0.2, -0.15) is 0 Å². The molecule has 1 aromatic carbocycles. The molecule has 0 amide bonds. The van der Waals surface area contributed by atoms with E-state index in [0.29, 0.717) is 33.5 Å². The minimum absolute atomic E-state index is 0.661. The number of fused-ring (bicyclic) bond motifs is 1. The number of hydrogen-bond donors (Lipinski definition) is 0. The van der Waals surface area contributed by atoms with Crippen LogP contribution in [-0.2, 0) is 13.1 Å². The summed E-state index contributed by atoms with van der Waals surface area (Å²) in [6, 6.07) is 7.73. The minimum Gasteiger partial charge on any atom is -0.236 e. The first kappa shape index (κ1) is 16.8. The highest BCUT2D eigenvalue weighted by molar-refractivity contribution is 8.02. The lowest BCUT2D eigenvalue weighted by Gasteiger charge is -2.08. The second-order valence-corrected chi connectivity index (χ2v) is 6.99. The Labute approximate surface area is 156 Å². The standard InChI is InChI=1S/C14H14N10S2/c1-3-23-13(17-19-21-23)25-11-12(26-14-18-20-22-24(14)4-2)16-10-8-6-5-7-9(10)15-11/h5-8H,3-4H2,1-2H3. The van der Waals surface area contributed by atoms with E-state index < -0.39 is 0 Å². The Morgan fingerprint density at radius 1 is 0.769 bits per heavy atom. The van der Waals surface area contributed by atoms with E-state index in [1.807, 2.05) is 38.1 Å². The lowest BCUT2D eigenvalue weighted by molar-refractivity contribution is 0.580. The van der Waals surface area contributed by atoms with Crippen molar-refractivity contribution in [3.63, 3.8) is 0 Å². The monoisotopic (exact) mass is 386 g/mol. The fourth-order valence-electron chi connectivity index (χ4n) is 2.21. The Hall–Kier alpha value is -2.60. The second-order valence-electron chi connectivity index (χ2n) is 5.08. The molecule has 0 fully saturated rings. The maximum atomic E-state index is 4.75. The summed E-state index contributed by atoms with van der Waals surface area (Å²) in [7, 11) is 0. The molecule has 0 atom stereocenters. The number of nitrogens with zero attached hydrogens (tertiary/aromatic N) is 10. The normalized spacial score (nSPS) is 11.3. The maximum absolute atomic E-state index is 4.75. The van der Waals surface area contributed by atoms with Crippen LogP contribution in [0.15, 0.2) is 44.6 Å². The third-order valence-corrected chi connectivity index (χ3v) is 5.52. The lowest BCUT2D eigenvalue weighted by atomic mass is 10.3. The quantitative estimate of drug-likeness (QED) is 0.487. The highest BCUT2D eigenvalue weighted by Crippen LogP contribution is 2.35. The Bertz CT molecular complexity index is 960. The predicted octanol–water partition coefficient (Wildman–Crippen LogP) is 1.94. The van der Waals surface area contributed by atoms with Crippen molar-refractivity contribution in [2.75, 3.05) is 0 Å². The highest BCUT2D eigenvalue weighted by atomic mass is 32.2. The molecule has 0 aliphatic heterocycles. The molecule has 0 saturated heterocycles. The maximum Gasteiger partial charge on any atom is 0.215 e. The summed E-state index contributed by atoms with van der Waals surface area (Å²) in [4.78, 5) is 9.51. The van der Waals surface area contributed by atoms with E-state index in [4.69, 9.17) is 9.97 Å². The van der Waals surface area contributed by atoms with E-state index in [1.54, 1.807) is 9.36 Å². The summed E-state index contributed by atoms with van der Waals surface area (Å²) < 4.78 is 3.43. The molecule has 4 rings (SSSR count). The fraction of sp³-hybridized carbons (Fsp3) is 0.286. The molecule has 3 aromatic heterocycles. The van der Waals surface area contributed by atoms with Gasteiger partial charge in [0.2, 0.25) is 10.3 Å². The topological polar surface area (TPSA) is 113 Å². The van der Waals surface area contributed by atoms with E-state index >= 15 is 0 Å². The van der Waals surface area contributed by atoms with Gasteiger partial charge in [0.25, 0.3) is 0 Å². The molecule has 0 aliphatic carbocycles. The van der Waals surface area contributed by atoms with Crippen molar-refractivity contribution in [1.29, 1.82) is 0 Å². The Morgan fingerprint density at radius 3 is 1.65 bits per heavy atom. The van der Waals surface area contributed by atoms with E-state index in [9.17, 15) is 0 Å². The molecule has 4 aromatic rings. The van der Waals surface area contributed by atoms with Crippen LogP contribution < -0.4 is 0 Å². The van der Waals surface area contributed by atoms with Crippen LogP contribution in [0.5, 0.6) is 0 Å². The third-order valence-electron chi connectivity index (χ3n) is 3.48. The van der Waals surface area contributed by atoms with Crippen molar-refractivity contribution < 1.29 is 0 Å². The van der Waals surface area contributed by atoms with Gasteiger partial charge < -0.3 is 0 Å². The molecular weight excluding hydrogens is 372 g/mol. The summed E-state index contributed by atoms with van der Waals surface area (Å²) in [6.07, 6.45) is 0. The van der Waals surface area contributed by atoms with Gasteiger partial charge in [0.05, 0.1) is 11.0 Å². The van der Waals surface area contributed by atoms with Crippen molar-refractivity contribution in [1.82, 2.24) is 50.4 Å². The van der Waals surface area contributed by atoms with Crippen molar-refractivity contribution >= 4 is 34.6 Å². The van der Waals surface area contributed by atoms with Crippen molar-refractivity contribution in [3.05, 3.63) is 24.3 Å². The molecule has 0 aliphatic rings. The molecule has 10 nitrogen and oxygen atoms in total. The van der Waals surface area contributed by atoms with Crippen molar-refractivity contribution in [3.8, 4) is 0 Å². The zero-order valence-electron chi connectivity index (χ0n) is 14.0. The zero-order chi connectivity index (χ0) is 17.9. The first-order valence-electron chi connectivity index (χ1n) is 7.93.